The van der Waals surface area contributed by atoms with E-state index in [4.69, 9.17) is 9.39 Å². The summed E-state index contributed by atoms with van der Waals surface area (Å²) in [6.07, 6.45) is 12.2. The number of hydrogen-bond acceptors (Lipinski definition) is 4. The van der Waals surface area contributed by atoms with Gasteiger partial charge in [-0.05, 0) is 76.9 Å². The van der Waals surface area contributed by atoms with Gasteiger partial charge >= 0.3 is 13.6 Å². The second-order valence-corrected chi connectivity index (χ2v) is 10.7. The molecule has 1 aromatic carbocycles. The molecule has 1 heterocycles. The third kappa shape index (κ3) is 5.95. The highest BCUT2D eigenvalue weighted by atomic mass is 16.6. The fourth-order valence-corrected chi connectivity index (χ4v) is 4.71. The van der Waals surface area contributed by atoms with Gasteiger partial charge in [-0.15, -0.1) is 0 Å². The van der Waals surface area contributed by atoms with Crippen molar-refractivity contribution in [3.63, 3.8) is 0 Å². The number of rotatable bonds is 9. The van der Waals surface area contributed by atoms with E-state index in [1.165, 1.54) is 5.57 Å². The Labute approximate surface area is 206 Å². The summed E-state index contributed by atoms with van der Waals surface area (Å²) < 4.78 is 12.2. The first kappa shape index (κ1) is 26.6. The highest BCUT2D eigenvalue weighted by Gasteiger charge is 2.50. The first-order chi connectivity index (χ1) is 16.1. The SMILES string of the molecule is CCCCOC(=O)N1CC[C@@H](C2=CCCC=C2)C[C@]1(BOC(C)(C)C(C)(C)O)c1ccccc1. The maximum atomic E-state index is 13.4. The molecular formula is C28H42BNO4. The Morgan fingerprint density at radius 2 is 1.94 bits per heavy atom. The third-order valence-electron chi connectivity index (χ3n) is 7.70. The zero-order valence-corrected chi connectivity index (χ0v) is 21.7. The molecule has 0 saturated carbocycles. The number of carbonyl (C=O) groups excluding carboxylic acids is 1. The van der Waals surface area contributed by atoms with E-state index in [1.54, 1.807) is 13.8 Å². The number of hydrogen-bond donors (Lipinski definition) is 1. The van der Waals surface area contributed by atoms with E-state index in [9.17, 15) is 9.90 Å². The number of benzene rings is 1. The summed E-state index contributed by atoms with van der Waals surface area (Å²) in [4.78, 5) is 15.3. The van der Waals surface area contributed by atoms with Crippen LogP contribution in [0, 0.1) is 5.92 Å². The van der Waals surface area contributed by atoms with Crippen LogP contribution in [0.1, 0.15) is 78.7 Å². The van der Waals surface area contributed by atoms with Crippen LogP contribution in [0.4, 0.5) is 4.79 Å². The number of amides is 1. The third-order valence-corrected chi connectivity index (χ3v) is 7.70. The van der Waals surface area contributed by atoms with Crippen molar-refractivity contribution in [1.82, 2.24) is 4.90 Å². The number of allylic oxidation sites excluding steroid dienone is 4. The number of nitrogens with zero attached hydrogens (tertiary/aromatic N) is 1. The van der Waals surface area contributed by atoms with Crippen molar-refractivity contribution in [2.75, 3.05) is 13.2 Å². The lowest BCUT2D eigenvalue weighted by Gasteiger charge is -2.51. The molecule has 1 aromatic rings. The van der Waals surface area contributed by atoms with E-state index in [1.807, 2.05) is 36.9 Å². The molecule has 2 aliphatic rings. The molecule has 1 fully saturated rings. The van der Waals surface area contributed by atoms with Crippen LogP contribution in [0.2, 0.25) is 0 Å². The molecule has 1 aliphatic heterocycles. The molecule has 34 heavy (non-hydrogen) atoms. The molecule has 6 heteroatoms. The molecule has 186 valence electrons. The van der Waals surface area contributed by atoms with Crippen molar-refractivity contribution in [3.8, 4) is 0 Å². The topological polar surface area (TPSA) is 59.0 Å². The number of ether oxygens (including phenoxy) is 1. The van der Waals surface area contributed by atoms with E-state index in [2.05, 4.69) is 37.3 Å². The lowest BCUT2D eigenvalue weighted by atomic mass is 9.57. The van der Waals surface area contributed by atoms with E-state index < -0.39 is 16.6 Å². The normalized spacial score (nSPS) is 23.4. The van der Waals surface area contributed by atoms with Crippen molar-refractivity contribution in [2.45, 2.75) is 89.8 Å². The van der Waals surface area contributed by atoms with Crippen LogP contribution in [0.15, 0.2) is 54.1 Å². The molecule has 3 rings (SSSR count). The van der Waals surface area contributed by atoms with Crippen LogP contribution in [-0.4, -0.2) is 47.9 Å². The van der Waals surface area contributed by atoms with Gasteiger partial charge in [0.1, 0.15) is 0 Å². The summed E-state index contributed by atoms with van der Waals surface area (Å²) >= 11 is 0. The Kier molecular flexibility index (Phi) is 8.69. The Bertz CT molecular complexity index is 874. The second kappa shape index (κ2) is 11.1. The minimum Gasteiger partial charge on any atom is -0.449 e. The zero-order chi connectivity index (χ0) is 24.8. The molecule has 1 N–H and O–H groups in total. The van der Waals surface area contributed by atoms with E-state index in [-0.39, 0.29) is 13.6 Å². The maximum Gasteiger partial charge on any atom is 0.410 e. The van der Waals surface area contributed by atoms with Crippen LogP contribution in [0.5, 0.6) is 0 Å². The van der Waals surface area contributed by atoms with Gasteiger partial charge in [0, 0.05) is 6.54 Å². The van der Waals surface area contributed by atoms with Gasteiger partial charge in [0.15, 0.2) is 0 Å². The fraction of sp³-hybridized carbons (Fsp3) is 0.607. The largest absolute Gasteiger partial charge is 0.449 e. The Morgan fingerprint density at radius 3 is 2.56 bits per heavy atom. The molecule has 1 aliphatic carbocycles. The first-order valence-electron chi connectivity index (χ1n) is 12.8. The summed E-state index contributed by atoms with van der Waals surface area (Å²) in [6.45, 7) is 10.4. The van der Waals surface area contributed by atoms with Gasteiger partial charge in [-0.25, -0.2) is 4.79 Å². The van der Waals surface area contributed by atoms with Gasteiger partial charge in [-0.1, -0.05) is 61.9 Å². The van der Waals surface area contributed by atoms with Gasteiger partial charge in [-0.2, -0.15) is 0 Å². The number of carbonyl (C=O) groups is 1. The van der Waals surface area contributed by atoms with Crippen LogP contribution in [0.3, 0.4) is 0 Å². The van der Waals surface area contributed by atoms with Crippen molar-refractivity contribution in [1.29, 1.82) is 0 Å². The highest BCUT2D eigenvalue weighted by Crippen LogP contribution is 2.44. The molecule has 1 amide bonds. The summed E-state index contributed by atoms with van der Waals surface area (Å²) in [5.74, 6) is 0.324. The molecule has 2 atom stereocenters. The number of piperidine rings is 1. The minimum absolute atomic E-state index is 0.282. The minimum atomic E-state index is -1.04. The average Bonchev–Trinajstić information content (AvgIpc) is 2.83. The van der Waals surface area contributed by atoms with Crippen LogP contribution in [-0.2, 0) is 14.8 Å². The van der Waals surface area contributed by atoms with E-state index >= 15 is 0 Å². The molecule has 0 radical (unpaired) electrons. The molecular weight excluding hydrogens is 425 g/mol. The number of unbranched alkanes of at least 4 members (excludes halogenated alkanes) is 1. The van der Waals surface area contributed by atoms with Gasteiger partial charge in [0.05, 0.1) is 23.2 Å². The summed E-state index contributed by atoms with van der Waals surface area (Å²) in [5, 5.41) is 10.8. The second-order valence-electron chi connectivity index (χ2n) is 10.7. The van der Waals surface area contributed by atoms with Gasteiger partial charge in [0.25, 0.3) is 0 Å². The van der Waals surface area contributed by atoms with Gasteiger partial charge in [0.2, 0.25) is 0 Å². The quantitative estimate of drug-likeness (QED) is 0.375. The monoisotopic (exact) mass is 467 g/mol. The van der Waals surface area contributed by atoms with Gasteiger partial charge < -0.3 is 19.4 Å². The smallest absolute Gasteiger partial charge is 0.410 e. The standard InChI is InChI=1S/C28H42BNO4/c1-6-7-20-33-25(31)30-19-18-23(22-14-10-8-11-15-22)21-28(30,24-16-12-9-13-17-24)29-34-27(4,5)26(2,3)32/h9-10,12-17,23,29,32H,6-8,11,18-21H2,1-5H3/t23-,28-/m1/s1. The van der Waals surface area contributed by atoms with E-state index in [0.717, 1.165) is 44.1 Å². The predicted octanol–water partition coefficient (Wildman–Crippen LogP) is 5.68. The first-order valence-corrected chi connectivity index (χ1v) is 12.8. The average molecular weight is 467 g/mol. The number of likely N-dealkylation sites (tertiary alicyclic amines) is 1. The number of aliphatic hydroxyl groups is 1. The maximum absolute atomic E-state index is 13.4. The molecule has 0 bridgehead atoms. The fourth-order valence-electron chi connectivity index (χ4n) is 4.71. The zero-order valence-electron chi connectivity index (χ0n) is 21.7. The van der Waals surface area contributed by atoms with Crippen molar-refractivity contribution >= 4 is 13.6 Å². The van der Waals surface area contributed by atoms with Crippen molar-refractivity contribution in [2.24, 2.45) is 5.92 Å². The molecule has 0 aromatic heterocycles. The Hall–Kier alpha value is -2.05. The van der Waals surface area contributed by atoms with Crippen LogP contribution >= 0.6 is 0 Å². The van der Waals surface area contributed by atoms with Gasteiger partial charge in [-0.3, -0.25) is 0 Å². The summed E-state index contributed by atoms with van der Waals surface area (Å²) in [6, 6.07) is 10.2. The van der Waals surface area contributed by atoms with Crippen molar-refractivity contribution < 1.29 is 19.3 Å². The molecule has 0 unspecified atom stereocenters. The Morgan fingerprint density at radius 1 is 1.21 bits per heavy atom. The van der Waals surface area contributed by atoms with Crippen molar-refractivity contribution in [3.05, 3.63) is 59.7 Å². The summed E-state index contributed by atoms with van der Waals surface area (Å²) in [5.41, 5.74) is -0.141. The molecule has 0 spiro atoms. The van der Waals surface area contributed by atoms with Crippen LogP contribution < -0.4 is 0 Å². The lowest BCUT2D eigenvalue weighted by molar-refractivity contribution is -0.0955. The molecule has 1 saturated heterocycles. The lowest BCUT2D eigenvalue weighted by Crippen LogP contribution is -2.61. The Balaban J connectivity index is 2.02. The predicted molar refractivity (Wildman–Crippen MR) is 139 cm³/mol. The van der Waals surface area contributed by atoms with E-state index in [0.29, 0.717) is 19.1 Å². The highest BCUT2D eigenvalue weighted by molar-refractivity contribution is 6.33. The van der Waals surface area contributed by atoms with Crippen LogP contribution in [0.25, 0.3) is 0 Å². The molecule has 5 nitrogen and oxygen atoms in total. The summed E-state index contributed by atoms with van der Waals surface area (Å²) in [7, 11) is 0.282.